The quantitative estimate of drug-likeness (QED) is 0.875. The SMILES string of the molecule is COC1(c2noc(-c3cc(N)ccc3C)n2)CCCCC1. The van der Waals surface area contributed by atoms with E-state index in [1.165, 1.54) is 6.42 Å². The summed E-state index contributed by atoms with van der Waals surface area (Å²) in [6, 6.07) is 5.70. The highest BCUT2D eigenvalue weighted by molar-refractivity contribution is 5.63. The van der Waals surface area contributed by atoms with E-state index in [9.17, 15) is 0 Å². The van der Waals surface area contributed by atoms with E-state index in [2.05, 4.69) is 10.1 Å². The van der Waals surface area contributed by atoms with Crippen molar-refractivity contribution in [2.24, 2.45) is 0 Å². The van der Waals surface area contributed by atoms with Crippen molar-refractivity contribution >= 4 is 5.69 Å². The predicted molar refractivity (Wildman–Crippen MR) is 80.7 cm³/mol. The highest BCUT2D eigenvalue weighted by atomic mass is 16.5. The number of nitrogens with zero attached hydrogens (tertiary/aromatic N) is 2. The summed E-state index contributed by atoms with van der Waals surface area (Å²) >= 11 is 0. The minimum absolute atomic E-state index is 0.395. The molecule has 5 heteroatoms. The monoisotopic (exact) mass is 287 g/mol. The highest BCUT2D eigenvalue weighted by Crippen LogP contribution is 2.39. The fourth-order valence-electron chi connectivity index (χ4n) is 3.03. The van der Waals surface area contributed by atoms with Gasteiger partial charge in [0.05, 0.1) is 0 Å². The molecule has 1 aliphatic rings. The first-order chi connectivity index (χ1) is 10.1. The minimum Gasteiger partial charge on any atom is -0.399 e. The summed E-state index contributed by atoms with van der Waals surface area (Å²) in [4.78, 5) is 4.59. The van der Waals surface area contributed by atoms with Crippen LogP contribution in [0.5, 0.6) is 0 Å². The number of anilines is 1. The fraction of sp³-hybridized carbons (Fsp3) is 0.500. The van der Waals surface area contributed by atoms with E-state index < -0.39 is 5.60 Å². The standard InChI is InChI=1S/C16H21N3O2/c1-11-6-7-12(17)10-13(11)14-18-15(19-21-14)16(20-2)8-4-3-5-9-16/h6-7,10H,3-5,8-9,17H2,1-2H3. The number of ether oxygens (including phenoxy) is 1. The third-order valence-electron chi connectivity index (χ3n) is 4.38. The van der Waals surface area contributed by atoms with Gasteiger partial charge >= 0.3 is 0 Å². The molecule has 3 rings (SSSR count). The van der Waals surface area contributed by atoms with Crippen LogP contribution in [0.3, 0.4) is 0 Å². The van der Waals surface area contributed by atoms with Gasteiger partial charge in [0, 0.05) is 18.4 Å². The van der Waals surface area contributed by atoms with Crippen LogP contribution in [0.1, 0.15) is 43.5 Å². The number of hydrogen-bond acceptors (Lipinski definition) is 5. The molecule has 21 heavy (non-hydrogen) atoms. The van der Waals surface area contributed by atoms with Crippen LogP contribution in [0.4, 0.5) is 5.69 Å². The fourth-order valence-corrected chi connectivity index (χ4v) is 3.03. The molecule has 0 spiro atoms. The molecule has 1 aliphatic carbocycles. The molecule has 1 fully saturated rings. The Morgan fingerprint density at radius 2 is 2.00 bits per heavy atom. The Balaban J connectivity index is 1.97. The molecule has 0 saturated heterocycles. The average Bonchev–Trinajstić information content (AvgIpc) is 3.00. The third kappa shape index (κ3) is 2.53. The lowest BCUT2D eigenvalue weighted by Crippen LogP contribution is -2.32. The lowest BCUT2D eigenvalue weighted by Gasteiger charge is -2.32. The number of nitrogen functional groups attached to an aromatic ring is 1. The molecule has 2 aromatic rings. The van der Waals surface area contributed by atoms with Crippen LogP contribution in [-0.2, 0) is 10.3 Å². The predicted octanol–water partition coefficient (Wildman–Crippen LogP) is 3.43. The van der Waals surface area contributed by atoms with Crippen LogP contribution in [0.25, 0.3) is 11.5 Å². The molecule has 0 amide bonds. The molecule has 0 atom stereocenters. The summed E-state index contributed by atoms with van der Waals surface area (Å²) in [6.45, 7) is 2.01. The van der Waals surface area contributed by atoms with Gasteiger partial charge in [0.1, 0.15) is 5.60 Å². The van der Waals surface area contributed by atoms with Gasteiger partial charge in [-0.2, -0.15) is 4.98 Å². The Kier molecular flexibility index (Phi) is 3.68. The lowest BCUT2D eigenvalue weighted by atomic mass is 9.84. The first-order valence-electron chi connectivity index (χ1n) is 7.40. The number of hydrogen-bond donors (Lipinski definition) is 1. The van der Waals surface area contributed by atoms with Gasteiger partial charge in [-0.3, -0.25) is 0 Å². The molecule has 2 N–H and O–H groups in total. The number of benzene rings is 1. The van der Waals surface area contributed by atoms with Crippen LogP contribution in [0.15, 0.2) is 22.7 Å². The molecule has 1 aromatic heterocycles. The van der Waals surface area contributed by atoms with Gasteiger partial charge in [-0.15, -0.1) is 0 Å². The Morgan fingerprint density at radius 3 is 2.71 bits per heavy atom. The third-order valence-corrected chi connectivity index (χ3v) is 4.38. The summed E-state index contributed by atoms with van der Waals surface area (Å²) in [7, 11) is 1.73. The highest BCUT2D eigenvalue weighted by Gasteiger charge is 2.38. The van der Waals surface area contributed by atoms with Crippen molar-refractivity contribution in [3.63, 3.8) is 0 Å². The molecule has 1 heterocycles. The van der Waals surface area contributed by atoms with Crippen molar-refractivity contribution in [3.05, 3.63) is 29.6 Å². The van der Waals surface area contributed by atoms with Crippen molar-refractivity contribution in [3.8, 4) is 11.5 Å². The Bertz CT molecular complexity index is 630. The number of rotatable bonds is 3. The normalized spacial score (nSPS) is 17.8. The summed E-state index contributed by atoms with van der Waals surface area (Å²) in [5.74, 6) is 1.17. The Morgan fingerprint density at radius 1 is 1.24 bits per heavy atom. The minimum atomic E-state index is -0.395. The molecular weight excluding hydrogens is 266 g/mol. The molecule has 0 aliphatic heterocycles. The van der Waals surface area contributed by atoms with Gasteiger partial charge < -0.3 is 15.0 Å². The van der Waals surface area contributed by atoms with E-state index in [0.717, 1.165) is 36.8 Å². The number of methoxy groups -OCH3 is 1. The second-order valence-corrected chi connectivity index (χ2v) is 5.76. The van der Waals surface area contributed by atoms with Crippen LogP contribution in [-0.4, -0.2) is 17.3 Å². The second kappa shape index (κ2) is 5.48. The van der Waals surface area contributed by atoms with Crippen molar-refractivity contribution in [1.29, 1.82) is 0 Å². The topological polar surface area (TPSA) is 74.2 Å². The van der Waals surface area contributed by atoms with Crippen LogP contribution in [0.2, 0.25) is 0 Å². The molecule has 1 aromatic carbocycles. The molecule has 1 saturated carbocycles. The lowest BCUT2D eigenvalue weighted by molar-refractivity contribution is -0.0527. The summed E-state index contributed by atoms with van der Waals surface area (Å²) in [6.07, 6.45) is 5.39. The average molecular weight is 287 g/mol. The smallest absolute Gasteiger partial charge is 0.258 e. The second-order valence-electron chi connectivity index (χ2n) is 5.76. The molecule has 0 unspecified atom stereocenters. The van der Waals surface area contributed by atoms with Crippen molar-refractivity contribution in [2.75, 3.05) is 12.8 Å². The van der Waals surface area contributed by atoms with Crippen LogP contribution >= 0.6 is 0 Å². The van der Waals surface area contributed by atoms with E-state index in [0.29, 0.717) is 17.4 Å². The van der Waals surface area contributed by atoms with Gasteiger partial charge in [0.25, 0.3) is 5.89 Å². The van der Waals surface area contributed by atoms with E-state index in [1.54, 1.807) is 7.11 Å². The van der Waals surface area contributed by atoms with Gasteiger partial charge in [0.15, 0.2) is 0 Å². The number of nitrogens with two attached hydrogens (primary N) is 1. The van der Waals surface area contributed by atoms with Gasteiger partial charge in [-0.05, 0) is 37.5 Å². The zero-order chi connectivity index (χ0) is 14.9. The first kappa shape index (κ1) is 14.1. The Labute approximate surface area is 124 Å². The Hall–Kier alpha value is -1.88. The van der Waals surface area contributed by atoms with Crippen molar-refractivity contribution < 1.29 is 9.26 Å². The van der Waals surface area contributed by atoms with Crippen molar-refractivity contribution in [2.45, 2.75) is 44.6 Å². The van der Waals surface area contributed by atoms with Gasteiger partial charge in [0.2, 0.25) is 5.82 Å². The maximum absolute atomic E-state index is 5.85. The van der Waals surface area contributed by atoms with Crippen molar-refractivity contribution in [1.82, 2.24) is 10.1 Å². The summed E-state index contributed by atoms with van der Waals surface area (Å²) < 4.78 is 11.2. The maximum atomic E-state index is 5.85. The van der Waals surface area contributed by atoms with Gasteiger partial charge in [-0.25, -0.2) is 0 Å². The number of aryl methyl sites for hydroxylation is 1. The zero-order valence-electron chi connectivity index (χ0n) is 12.6. The maximum Gasteiger partial charge on any atom is 0.258 e. The molecule has 0 bridgehead atoms. The molecular formula is C16H21N3O2. The largest absolute Gasteiger partial charge is 0.399 e. The summed E-state index contributed by atoms with van der Waals surface area (Å²) in [5.41, 5.74) is 8.10. The van der Waals surface area contributed by atoms with E-state index in [-0.39, 0.29) is 0 Å². The molecule has 112 valence electrons. The van der Waals surface area contributed by atoms with E-state index >= 15 is 0 Å². The molecule has 5 nitrogen and oxygen atoms in total. The van der Waals surface area contributed by atoms with Gasteiger partial charge in [-0.1, -0.05) is 30.5 Å². The van der Waals surface area contributed by atoms with Crippen LogP contribution < -0.4 is 5.73 Å². The zero-order valence-corrected chi connectivity index (χ0v) is 12.6. The van der Waals surface area contributed by atoms with E-state index in [1.807, 2.05) is 25.1 Å². The first-order valence-corrected chi connectivity index (χ1v) is 7.40. The van der Waals surface area contributed by atoms with E-state index in [4.69, 9.17) is 15.0 Å². The summed E-state index contributed by atoms with van der Waals surface area (Å²) in [5, 5.41) is 4.18. The van der Waals surface area contributed by atoms with Crippen LogP contribution in [0, 0.1) is 6.92 Å². The number of aromatic nitrogens is 2. The molecule has 0 radical (unpaired) electrons.